The van der Waals surface area contributed by atoms with Gasteiger partial charge in [0.1, 0.15) is 21.9 Å². The quantitative estimate of drug-likeness (QED) is 0.381. The zero-order chi connectivity index (χ0) is 23.6. The van der Waals surface area contributed by atoms with Gasteiger partial charge in [0.25, 0.3) is 0 Å². The van der Waals surface area contributed by atoms with E-state index in [2.05, 4.69) is 19.7 Å². The number of hydrogen-bond acceptors (Lipinski definition) is 6. The molecule has 33 heavy (non-hydrogen) atoms. The summed E-state index contributed by atoms with van der Waals surface area (Å²) in [6.45, 7) is 1.93. The molecule has 0 amide bonds. The van der Waals surface area contributed by atoms with Crippen molar-refractivity contribution in [2.45, 2.75) is 18.2 Å². The molecule has 0 fully saturated rings. The lowest BCUT2D eigenvalue weighted by molar-refractivity contribution is 0.103. The average molecular weight is 469 g/mol. The van der Waals surface area contributed by atoms with Crippen LogP contribution in [-0.4, -0.2) is 42.8 Å². The number of aromatic nitrogens is 3. The van der Waals surface area contributed by atoms with E-state index in [0.29, 0.717) is 17.5 Å². The molecule has 1 aromatic carbocycles. The standard InChI is InChI=1S/C23H21FN4O4S/c1-3-8-28-33(30,31)19-7-6-18(32-2)20(21(19)24)22(29)17-13-27-23-16(17)10-15(12-26-23)14-5-4-9-25-11-14/h4-7,9-13,28H,3,8H2,1-2H3,(H,26,27). The Morgan fingerprint density at radius 2 is 2.03 bits per heavy atom. The van der Waals surface area contributed by atoms with E-state index in [0.717, 1.165) is 17.2 Å². The van der Waals surface area contributed by atoms with Gasteiger partial charge < -0.3 is 9.72 Å². The molecule has 0 atom stereocenters. The third-order valence-electron chi connectivity index (χ3n) is 5.12. The smallest absolute Gasteiger partial charge is 0.243 e. The summed E-state index contributed by atoms with van der Waals surface area (Å²) in [7, 11) is -2.86. The highest BCUT2D eigenvalue weighted by Gasteiger charge is 2.29. The second kappa shape index (κ2) is 9.08. The summed E-state index contributed by atoms with van der Waals surface area (Å²) < 4.78 is 48.1. The van der Waals surface area contributed by atoms with E-state index in [1.165, 1.54) is 19.4 Å². The van der Waals surface area contributed by atoms with Gasteiger partial charge >= 0.3 is 0 Å². The van der Waals surface area contributed by atoms with Gasteiger partial charge in [-0.15, -0.1) is 0 Å². The van der Waals surface area contributed by atoms with Gasteiger partial charge in [0.15, 0.2) is 5.82 Å². The molecule has 0 aliphatic rings. The number of carbonyl (C=O) groups is 1. The van der Waals surface area contributed by atoms with Crippen molar-refractivity contribution in [3.8, 4) is 16.9 Å². The molecule has 0 saturated carbocycles. The molecule has 0 saturated heterocycles. The number of carbonyl (C=O) groups excluding carboxylic acids is 1. The summed E-state index contributed by atoms with van der Waals surface area (Å²) in [5.41, 5.74) is 1.61. The summed E-state index contributed by atoms with van der Waals surface area (Å²) in [6, 6.07) is 7.73. The van der Waals surface area contributed by atoms with E-state index in [9.17, 15) is 13.2 Å². The minimum atomic E-state index is -4.15. The van der Waals surface area contributed by atoms with E-state index in [4.69, 9.17) is 4.74 Å². The molecule has 0 spiro atoms. The number of rotatable bonds is 8. The van der Waals surface area contributed by atoms with Crippen LogP contribution in [0, 0.1) is 5.82 Å². The number of sulfonamides is 1. The van der Waals surface area contributed by atoms with Crippen molar-refractivity contribution < 1.29 is 22.3 Å². The first-order valence-corrected chi connectivity index (χ1v) is 11.6. The van der Waals surface area contributed by atoms with E-state index >= 15 is 4.39 Å². The van der Waals surface area contributed by atoms with Crippen molar-refractivity contribution in [2.24, 2.45) is 0 Å². The number of aromatic amines is 1. The highest BCUT2D eigenvalue weighted by Crippen LogP contribution is 2.32. The molecular weight excluding hydrogens is 447 g/mol. The maximum Gasteiger partial charge on any atom is 0.243 e. The molecule has 0 radical (unpaired) electrons. The van der Waals surface area contributed by atoms with Crippen LogP contribution >= 0.6 is 0 Å². The average Bonchev–Trinajstić information content (AvgIpc) is 3.25. The number of methoxy groups -OCH3 is 1. The fourth-order valence-corrected chi connectivity index (χ4v) is 4.67. The van der Waals surface area contributed by atoms with Crippen LogP contribution in [0.25, 0.3) is 22.2 Å². The molecule has 10 heteroatoms. The third-order valence-corrected chi connectivity index (χ3v) is 6.60. The van der Waals surface area contributed by atoms with Gasteiger partial charge in [-0.1, -0.05) is 13.0 Å². The van der Waals surface area contributed by atoms with Gasteiger partial charge in [-0.25, -0.2) is 22.5 Å². The number of benzene rings is 1. The normalized spacial score (nSPS) is 11.6. The predicted molar refractivity (Wildman–Crippen MR) is 121 cm³/mol. The Morgan fingerprint density at radius 3 is 2.73 bits per heavy atom. The molecule has 2 N–H and O–H groups in total. The van der Waals surface area contributed by atoms with Crippen molar-refractivity contribution in [3.05, 3.63) is 72.1 Å². The van der Waals surface area contributed by atoms with E-state index < -0.39 is 32.1 Å². The minimum absolute atomic E-state index is 0.0716. The van der Waals surface area contributed by atoms with Gasteiger partial charge in [-0.3, -0.25) is 9.78 Å². The first-order valence-electron chi connectivity index (χ1n) is 10.2. The Hall–Kier alpha value is -3.63. The molecule has 3 aromatic heterocycles. The zero-order valence-corrected chi connectivity index (χ0v) is 18.7. The Kier molecular flexibility index (Phi) is 6.21. The van der Waals surface area contributed by atoms with E-state index in [1.54, 1.807) is 37.6 Å². The predicted octanol–water partition coefficient (Wildman–Crippen LogP) is 3.69. The van der Waals surface area contributed by atoms with Crippen LogP contribution in [0.1, 0.15) is 29.3 Å². The minimum Gasteiger partial charge on any atom is -0.496 e. The van der Waals surface area contributed by atoms with Crippen molar-refractivity contribution in [3.63, 3.8) is 0 Å². The van der Waals surface area contributed by atoms with Crippen LogP contribution in [-0.2, 0) is 10.0 Å². The lowest BCUT2D eigenvalue weighted by Crippen LogP contribution is -2.26. The molecular formula is C23H21FN4O4S. The number of halogens is 1. The molecule has 8 nitrogen and oxygen atoms in total. The monoisotopic (exact) mass is 468 g/mol. The maximum absolute atomic E-state index is 15.5. The first-order chi connectivity index (χ1) is 15.9. The van der Waals surface area contributed by atoms with Gasteiger partial charge in [0.2, 0.25) is 15.8 Å². The van der Waals surface area contributed by atoms with E-state index in [-0.39, 0.29) is 17.9 Å². The van der Waals surface area contributed by atoms with Crippen LogP contribution in [0.3, 0.4) is 0 Å². The molecule has 0 aliphatic carbocycles. The Morgan fingerprint density at radius 1 is 1.21 bits per heavy atom. The molecule has 0 aliphatic heterocycles. The summed E-state index contributed by atoms with van der Waals surface area (Å²) in [4.78, 5) is 24.2. The molecule has 170 valence electrons. The lowest BCUT2D eigenvalue weighted by Gasteiger charge is -2.13. The Labute approximate surface area is 189 Å². The van der Waals surface area contributed by atoms with Gasteiger partial charge in [-0.2, -0.15) is 0 Å². The van der Waals surface area contributed by atoms with Gasteiger partial charge in [-0.05, 0) is 30.7 Å². The molecule has 0 bridgehead atoms. The summed E-state index contributed by atoms with van der Waals surface area (Å²) >= 11 is 0. The second-order valence-electron chi connectivity index (χ2n) is 7.25. The molecule has 4 rings (SSSR count). The number of ether oxygens (including phenoxy) is 1. The molecule has 3 heterocycles. The zero-order valence-electron chi connectivity index (χ0n) is 17.9. The second-order valence-corrected chi connectivity index (χ2v) is 8.98. The van der Waals surface area contributed by atoms with Gasteiger partial charge in [0.05, 0.1) is 7.11 Å². The molecule has 4 aromatic rings. The highest BCUT2D eigenvalue weighted by molar-refractivity contribution is 7.89. The topological polar surface area (TPSA) is 114 Å². The first kappa shape index (κ1) is 22.6. The van der Waals surface area contributed by atoms with Crippen molar-refractivity contribution in [1.29, 1.82) is 0 Å². The fourth-order valence-electron chi connectivity index (χ4n) is 3.46. The Balaban J connectivity index is 1.85. The summed E-state index contributed by atoms with van der Waals surface area (Å²) in [6.07, 6.45) is 6.90. The SMILES string of the molecule is CCCNS(=O)(=O)c1ccc(OC)c(C(=O)c2c[nH]c3ncc(-c4cccnc4)cc23)c1F. The maximum atomic E-state index is 15.5. The largest absolute Gasteiger partial charge is 0.496 e. The number of nitrogens with one attached hydrogen (secondary N) is 2. The number of pyridine rings is 2. The van der Waals surface area contributed by atoms with Crippen LogP contribution in [0.15, 0.2) is 60.0 Å². The van der Waals surface area contributed by atoms with E-state index in [1.807, 2.05) is 6.07 Å². The summed E-state index contributed by atoms with van der Waals surface area (Å²) in [5, 5.41) is 0.458. The van der Waals surface area contributed by atoms with Crippen LogP contribution in [0.4, 0.5) is 4.39 Å². The highest BCUT2D eigenvalue weighted by atomic mass is 32.2. The van der Waals surface area contributed by atoms with Crippen molar-refractivity contribution in [1.82, 2.24) is 19.7 Å². The van der Waals surface area contributed by atoms with Crippen LogP contribution in [0.5, 0.6) is 5.75 Å². The number of hydrogen-bond donors (Lipinski definition) is 2. The van der Waals surface area contributed by atoms with Crippen molar-refractivity contribution >= 4 is 26.8 Å². The number of H-pyrrole nitrogens is 1. The van der Waals surface area contributed by atoms with Crippen molar-refractivity contribution in [2.75, 3.05) is 13.7 Å². The lowest BCUT2D eigenvalue weighted by atomic mass is 10.0. The molecule has 0 unspecified atom stereocenters. The number of fused-ring (bicyclic) bond motifs is 1. The van der Waals surface area contributed by atoms with Crippen LogP contribution in [0.2, 0.25) is 0 Å². The summed E-state index contributed by atoms with van der Waals surface area (Å²) in [5.74, 6) is -1.97. The van der Waals surface area contributed by atoms with Gasteiger partial charge in [0, 0.05) is 53.4 Å². The fraction of sp³-hybridized carbons (Fsp3) is 0.174. The number of nitrogens with zero attached hydrogens (tertiary/aromatic N) is 2. The third kappa shape index (κ3) is 4.22. The Bertz CT molecular complexity index is 1440. The van der Waals surface area contributed by atoms with Crippen LogP contribution < -0.4 is 9.46 Å². The number of ketones is 1.